The first-order valence-electron chi connectivity index (χ1n) is 14.5. The van der Waals surface area contributed by atoms with Gasteiger partial charge in [-0.05, 0) is 62.4 Å². The Morgan fingerprint density at radius 3 is 2.22 bits per heavy atom. The molecule has 1 aliphatic heterocycles. The van der Waals surface area contributed by atoms with Gasteiger partial charge < -0.3 is 19.6 Å². The molecule has 10 heteroatoms. The summed E-state index contributed by atoms with van der Waals surface area (Å²) in [4.78, 5) is 32.9. The normalized spacial score (nSPS) is 13.4. The second kappa shape index (κ2) is 13.4. The summed E-state index contributed by atoms with van der Waals surface area (Å²) >= 11 is 3.13. The third kappa shape index (κ3) is 6.49. The summed E-state index contributed by atoms with van der Waals surface area (Å²) in [6, 6.07) is 16.7. The van der Waals surface area contributed by atoms with Crippen LogP contribution in [0.4, 0.5) is 27.2 Å². The topological polar surface area (TPSA) is 67.8 Å². The van der Waals surface area contributed by atoms with Crippen LogP contribution in [0.25, 0.3) is 21.7 Å². The number of nitrogens with one attached hydrogen (secondary N) is 1. The molecule has 8 nitrogen and oxygen atoms in total. The minimum absolute atomic E-state index is 0.101. The molecule has 4 heterocycles. The lowest BCUT2D eigenvalue weighted by Gasteiger charge is -2.38. The average molecular weight is 590 g/mol. The zero-order valence-corrected chi connectivity index (χ0v) is 26.0. The van der Waals surface area contributed by atoms with Crippen molar-refractivity contribution in [3.63, 3.8) is 0 Å². The number of rotatable bonds is 10. The first-order chi connectivity index (χ1) is 20.0. The number of aromatic nitrogens is 2. The lowest BCUT2D eigenvalue weighted by molar-refractivity contribution is 0.208. The highest BCUT2D eigenvalue weighted by Gasteiger charge is 2.26. The van der Waals surface area contributed by atoms with Crippen LogP contribution in [-0.4, -0.2) is 73.3 Å². The van der Waals surface area contributed by atoms with Crippen molar-refractivity contribution in [3.8, 4) is 21.7 Å². The fraction of sp³-hybridized carbons (Fsp3) is 0.387. The van der Waals surface area contributed by atoms with Gasteiger partial charge in [-0.15, -0.1) is 22.7 Å². The molecule has 1 fully saturated rings. The fourth-order valence-corrected chi connectivity index (χ4v) is 6.84. The van der Waals surface area contributed by atoms with Gasteiger partial charge in [-0.25, -0.2) is 14.8 Å². The number of carbonyl (C=O) groups is 1. The highest BCUT2D eigenvalue weighted by molar-refractivity contribution is 7.16. The number of thiazole rings is 1. The molecular formula is C31H39N7OS2. The van der Waals surface area contributed by atoms with Gasteiger partial charge in [0, 0.05) is 57.7 Å². The van der Waals surface area contributed by atoms with Gasteiger partial charge in [-0.2, -0.15) is 0 Å². The number of urea groups is 1. The van der Waals surface area contributed by atoms with E-state index in [2.05, 4.69) is 83.4 Å². The zero-order chi connectivity index (χ0) is 28.8. The van der Waals surface area contributed by atoms with E-state index in [1.54, 1.807) is 11.3 Å². The summed E-state index contributed by atoms with van der Waals surface area (Å²) in [5, 5.41) is 7.82. The van der Waals surface area contributed by atoms with Crippen LogP contribution in [-0.2, 0) is 0 Å². The van der Waals surface area contributed by atoms with Crippen LogP contribution < -0.4 is 20.0 Å². The molecule has 216 valence electrons. The number of piperazine rings is 1. The van der Waals surface area contributed by atoms with Gasteiger partial charge in [0.25, 0.3) is 0 Å². The maximum absolute atomic E-state index is 13.2. The number of hydrogen-bond donors (Lipinski definition) is 1. The van der Waals surface area contributed by atoms with Crippen molar-refractivity contribution in [1.82, 2.24) is 14.9 Å². The molecule has 5 rings (SSSR count). The second-order valence-electron chi connectivity index (χ2n) is 9.86. The molecule has 0 bridgehead atoms. The number of nitrogens with zero attached hydrogens (tertiary/aromatic N) is 6. The fourth-order valence-electron chi connectivity index (χ4n) is 5.19. The van der Waals surface area contributed by atoms with E-state index in [1.807, 2.05) is 28.5 Å². The smallest absolute Gasteiger partial charge is 0.323 e. The first-order valence-corrected chi connectivity index (χ1v) is 16.2. The van der Waals surface area contributed by atoms with Gasteiger partial charge in [-0.1, -0.05) is 30.3 Å². The van der Waals surface area contributed by atoms with Crippen molar-refractivity contribution in [2.45, 2.75) is 27.7 Å². The second-order valence-corrected chi connectivity index (χ2v) is 11.6. The third-order valence-corrected chi connectivity index (χ3v) is 9.29. The van der Waals surface area contributed by atoms with Crippen LogP contribution in [0.3, 0.4) is 0 Å². The molecule has 1 aromatic carbocycles. The summed E-state index contributed by atoms with van der Waals surface area (Å²) in [5.74, 6) is 2.01. The lowest BCUT2D eigenvalue weighted by atomic mass is 10.1. The summed E-state index contributed by atoms with van der Waals surface area (Å²) in [6.07, 6.45) is 0. The number of hydrogen-bond acceptors (Lipinski definition) is 8. The highest BCUT2D eigenvalue weighted by atomic mass is 32.1. The molecule has 2 amide bonds. The number of thiophene rings is 1. The van der Waals surface area contributed by atoms with Crippen LogP contribution >= 0.6 is 22.7 Å². The summed E-state index contributed by atoms with van der Waals surface area (Å²) in [7, 11) is 0. The van der Waals surface area contributed by atoms with E-state index < -0.39 is 0 Å². The SMILES string of the molecule is CCN(CC)c1ccc(N(CC)CC)c(N2CCN(C(=O)Nc3nc(-c4cc(-c5ccccc5)cs4)cs3)CC2)n1. The Morgan fingerprint density at radius 2 is 1.54 bits per heavy atom. The molecule has 0 radical (unpaired) electrons. The predicted octanol–water partition coefficient (Wildman–Crippen LogP) is 6.98. The molecule has 1 aliphatic rings. The molecule has 3 aromatic heterocycles. The van der Waals surface area contributed by atoms with Crippen LogP contribution in [0.2, 0.25) is 0 Å². The monoisotopic (exact) mass is 589 g/mol. The number of carbonyl (C=O) groups excluding carboxylic acids is 1. The van der Waals surface area contributed by atoms with Crippen LogP contribution in [0, 0.1) is 0 Å². The summed E-state index contributed by atoms with van der Waals surface area (Å²) < 4.78 is 0. The van der Waals surface area contributed by atoms with Crippen molar-refractivity contribution in [1.29, 1.82) is 0 Å². The Balaban J connectivity index is 1.23. The van der Waals surface area contributed by atoms with E-state index in [9.17, 15) is 4.79 Å². The van der Waals surface area contributed by atoms with Crippen molar-refractivity contribution in [3.05, 3.63) is 59.3 Å². The van der Waals surface area contributed by atoms with E-state index in [-0.39, 0.29) is 6.03 Å². The lowest BCUT2D eigenvalue weighted by Crippen LogP contribution is -2.50. The van der Waals surface area contributed by atoms with E-state index >= 15 is 0 Å². The summed E-state index contributed by atoms with van der Waals surface area (Å²) in [6.45, 7) is 15.1. The van der Waals surface area contributed by atoms with E-state index in [0.29, 0.717) is 18.2 Å². The zero-order valence-electron chi connectivity index (χ0n) is 24.3. The van der Waals surface area contributed by atoms with Crippen molar-refractivity contribution < 1.29 is 4.79 Å². The van der Waals surface area contributed by atoms with E-state index in [4.69, 9.17) is 9.97 Å². The predicted molar refractivity (Wildman–Crippen MR) is 175 cm³/mol. The largest absolute Gasteiger partial charge is 0.369 e. The Bertz CT molecular complexity index is 1420. The molecule has 0 aliphatic carbocycles. The van der Waals surface area contributed by atoms with Crippen molar-refractivity contribution in [2.75, 3.05) is 72.4 Å². The quantitative estimate of drug-likeness (QED) is 0.215. The van der Waals surface area contributed by atoms with Gasteiger partial charge in [0.05, 0.1) is 16.3 Å². The Kier molecular flexibility index (Phi) is 9.41. The van der Waals surface area contributed by atoms with Gasteiger partial charge >= 0.3 is 6.03 Å². The molecule has 1 N–H and O–H groups in total. The maximum atomic E-state index is 13.2. The average Bonchev–Trinajstić information content (AvgIpc) is 3.70. The van der Waals surface area contributed by atoms with Crippen molar-refractivity contribution in [2.24, 2.45) is 0 Å². The Labute approximate surface area is 251 Å². The highest BCUT2D eigenvalue weighted by Crippen LogP contribution is 2.35. The number of amides is 2. The standard InChI is InChI=1S/C31H39N7OS2/c1-5-35(6-2)26-14-15-28(36(7-3)8-4)33-29(26)37-16-18-38(19-17-37)31(39)34-30-32-25(22-41-30)27-20-24(21-40-27)23-12-10-9-11-13-23/h9-15,20-22H,5-8,16-19H2,1-4H3,(H,32,34,39). The number of anilines is 4. The molecule has 41 heavy (non-hydrogen) atoms. The van der Waals surface area contributed by atoms with Crippen molar-refractivity contribution >= 4 is 51.2 Å². The molecule has 0 unspecified atom stereocenters. The van der Waals surface area contributed by atoms with E-state index in [1.165, 1.54) is 22.5 Å². The summed E-state index contributed by atoms with van der Waals surface area (Å²) in [5.41, 5.74) is 4.42. The minimum Gasteiger partial charge on any atom is -0.369 e. The van der Waals surface area contributed by atoms with Crippen LogP contribution in [0.1, 0.15) is 27.7 Å². The van der Waals surface area contributed by atoms with Crippen LogP contribution in [0.15, 0.2) is 59.3 Å². The number of benzene rings is 1. The first kappa shape index (κ1) is 28.9. The molecule has 1 saturated heterocycles. The molecule has 0 spiro atoms. The molecule has 4 aromatic rings. The van der Waals surface area contributed by atoms with Gasteiger partial charge in [0.15, 0.2) is 10.9 Å². The Hall–Kier alpha value is -3.63. The van der Waals surface area contributed by atoms with Crippen LogP contribution in [0.5, 0.6) is 0 Å². The minimum atomic E-state index is -0.101. The molecular weight excluding hydrogens is 551 g/mol. The van der Waals surface area contributed by atoms with E-state index in [0.717, 1.165) is 67.2 Å². The third-order valence-electron chi connectivity index (χ3n) is 7.57. The maximum Gasteiger partial charge on any atom is 0.323 e. The molecule has 0 saturated carbocycles. The van der Waals surface area contributed by atoms with Gasteiger partial charge in [0.1, 0.15) is 5.82 Å². The van der Waals surface area contributed by atoms with Gasteiger partial charge in [0.2, 0.25) is 0 Å². The molecule has 0 atom stereocenters. The van der Waals surface area contributed by atoms with Gasteiger partial charge in [-0.3, -0.25) is 5.32 Å². The number of pyridine rings is 1. The Morgan fingerprint density at radius 1 is 0.829 bits per heavy atom.